The van der Waals surface area contributed by atoms with Crippen LogP contribution in [0.25, 0.3) is 0 Å². The summed E-state index contributed by atoms with van der Waals surface area (Å²) in [7, 11) is 0. The summed E-state index contributed by atoms with van der Waals surface area (Å²) in [5, 5.41) is 12.6. The first kappa shape index (κ1) is 15.7. The number of rotatable bonds is 2. The first-order chi connectivity index (χ1) is 7.85. The Balaban J connectivity index is 0.00000162. The predicted molar refractivity (Wildman–Crippen MR) is 61.4 cm³/mol. The Morgan fingerprint density at radius 1 is 1.50 bits per heavy atom. The van der Waals surface area contributed by atoms with E-state index in [2.05, 4.69) is 4.98 Å². The van der Waals surface area contributed by atoms with Crippen molar-refractivity contribution >= 4 is 17.3 Å². The van der Waals surface area contributed by atoms with Crippen LogP contribution >= 0.6 is 11.3 Å². The van der Waals surface area contributed by atoms with Crippen molar-refractivity contribution in [3.8, 4) is 0 Å². The summed E-state index contributed by atoms with van der Waals surface area (Å²) in [6.07, 6.45) is 0.717. The van der Waals surface area contributed by atoms with Crippen LogP contribution in [-0.2, 0) is 17.8 Å². The number of hydroxylamine groups is 2. The number of carbonyl (C=O) groups excluding carboxylic acids is 1. The summed E-state index contributed by atoms with van der Waals surface area (Å²) < 4.78 is 0. The number of nitrogens with zero attached hydrogens (tertiary/aromatic N) is 2. The number of carboxylic acids is 1. The molecule has 0 saturated heterocycles. The average Bonchev–Trinajstić information content (AvgIpc) is 2.57. The molecule has 1 aliphatic heterocycles. The van der Waals surface area contributed by atoms with Crippen molar-refractivity contribution in [3.05, 3.63) is 15.6 Å². The number of fused-ring (bicyclic) bond motifs is 1. The number of hydrogen-bond acceptors (Lipinski definition) is 6. The third-order valence-electron chi connectivity index (χ3n) is 2.27. The molecule has 0 bridgehead atoms. The van der Waals surface area contributed by atoms with Crippen molar-refractivity contribution < 1.29 is 33.6 Å². The molecule has 5 nitrogen and oxygen atoms in total. The molecule has 0 amide bonds. The number of thiazole rings is 1. The van der Waals surface area contributed by atoms with Crippen LogP contribution in [0.2, 0.25) is 0 Å². The van der Waals surface area contributed by atoms with Gasteiger partial charge < -0.3 is 9.90 Å². The molecule has 0 aromatic carbocycles. The molecule has 1 aromatic rings. The minimum absolute atomic E-state index is 0. The second-order valence-electron chi connectivity index (χ2n) is 4.99. The van der Waals surface area contributed by atoms with Gasteiger partial charge in [-0.15, -0.1) is 11.3 Å². The van der Waals surface area contributed by atoms with E-state index >= 15 is 0 Å². The molecule has 2 rings (SSSR count). The number of hydrogen-bond donors (Lipinski definition) is 0. The summed E-state index contributed by atoms with van der Waals surface area (Å²) in [5.41, 5.74) is 0.627. The summed E-state index contributed by atoms with van der Waals surface area (Å²) >= 11 is 1.18. The molecule has 7 heteroatoms. The monoisotopic (exact) mass is 262 g/mol. The van der Waals surface area contributed by atoms with Crippen LogP contribution in [-0.4, -0.2) is 28.2 Å². The van der Waals surface area contributed by atoms with Crippen molar-refractivity contribution in [2.45, 2.75) is 39.3 Å². The van der Waals surface area contributed by atoms with E-state index in [0.29, 0.717) is 6.54 Å². The van der Waals surface area contributed by atoms with Gasteiger partial charge in [0.2, 0.25) is 0 Å². The van der Waals surface area contributed by atoms with Crippen LogP contribution in [0.15, 0.2) is 0 Å². The molecule has 1 aliphatic rings. The second kappa shape index (κ2) is 5.72. The van der Waals surface area contributed by atoms with Crippen molar-refractivity contribution in [1.82, 2.24) is 10.0 Å². The molecule has 0 N–H and O–H groups in total. The van der Waals surface area contributed by atoms with Crippen LogP contribution in [0, 0.1) is 0 Å². The Morgan fingerprint density at radius 2 is 2.17 bits per heavy atom. The maximum Gasteiger partial charge on any atom is 1.00 e. The van der Waals surface area contributed by atoms with E-state index in [1.54, 1.807) is 0 Å². The summed E-state index contributed by atoms with van der Waals surface area (Å²) in [5.74, 6) is -1.20. The van der Waals surface area contributed by atoms with Gasteiger partial charge in [-0.3, -0.25) is 4.84 Å². The maximum absolute atomic E-state index is 10.7. The van der Waals surface area contributed by atoms with Gasteiger partial charge in [0.1, 0.15) is 11.0 Å². The molecule has 0 radical (unpaired) electrons. The van der Waals surface area contributed by atoms with E-state index in [1.165, 1.54) is 11.3 Å². The minimum Gasteiger partial charge on any atom is -0.542 e. The Kier molecular flexibility index (Phi) is 4.98. The first-order valence-electron chi connectivity index (χ1n) is 5.49. The van der Waals surface area contributed by atoms with Crippen LogP contribution in [0.3, 0.4) is 0 Å². The Hall–Kier alpha value is -0.383. The van der Waals surface area contributed by atoms with Crippen molar-refractivity contribution in [2.24, 2.45) is 0 Å². The summed E-state index contributed by atoms with van der Waals surface area (Å²) in [6.45, 7) is 7.30. The Bertz CT molecular complexity index is 442. The van der Waals surface area contributed by atoms with Gasteiger partial charge in [-0.1, -0.05) is 0 Å². The van der Waals surface area contributed by atoms with Gasteiger partial charge in [0.15, 0.2) is 0 Å². The van der Waals surface area contributed by atoms with Crippen LogP contribution < -0.4 is 24.0 Å². The number of aromatic nitrogens is 1. The molecule has 0 unspecified atom stereocenters. The zero-order chi connectivity index (χ0) is 12.6. The number of carbonyl (C=O) groups is 1. The normalized spacial score (nSPS) is 15.9. The fraction of sp³-hybridized carbons (Fsp3) is 0.636. The third-order valence-corrected chi connectivity index (χ3v) is 3.34. The zero-order valence-corrected chi connectivity index (χ0v) is 12.0. The van der Waals surface area contributed by atoms with Crippen molar-refractivity contribution in [2.75, 3.05) is 6.54 Å². The van der Waals surface area contributed by atoms with Gasteiger partial charge in [-0.25, -0.2) is 4.98 Å². The SMILES string of the molecule is CC(C)(C)ON1CCc2nc(C(=O)[O-])sc2C1.[Li+]. The standard InChI is InChI=1S/C11H16N2O3S.Li/c1-11(2,3)16-13-5-4-7-8(6-13)17-9(12-7)10(14)15;/h4-6H2,1-3H3,(H,14,15);/q;+1/p-1. The molecule has 1 aromatic heterocycles. The predicted octanol–water partition coefficient (Wildman–Crippen LogP) is -2.40. The minimum atomic E-state index is -1.20. The molecular weight excluding hydrogens is 247 g/mol. The summed E-state index contributed by atoms with van der Waals surface area (Å²) in [6, 6.07) is 0. The van der Waals surface area contributed by atoms with Gasteiger partial charge in [0, 0.05) is 17.8 Å². The molecule has 94 valence electrons. The molecular formula is C11H15LiN2O3S. The van der Waals surface area contributed by atoms with E-state index in [1.807, 2.05) is 25.8 Å². The fourth-order valence-corrected chi connectivity index (χ4v) is 2.67. The topological polar surface area (TPSA) is 65.5 Å². The van der Waals surface area contributed by atoms with E-state index in [4.69, 9.17) is 4.84 Å². The zero-order valence-electron chi connectivity index (χ0n) is 11.1. The molecule has 0 atom stereocenters. The first-order valence-corrected chi connectivity index (χ1v) is 6.31. The largest absolute Gasteiger partial charge is 1.00 e. The molecule has 0 aliphatic carbocycles. The van der Waals surface area contributed by atoms with E-state index in [0.717, 1.165) is 23.5 Å². The van der Waals surface area contributed by atoms with Crippen molar-refractivity contribution in [1.29, 1.82) is 0 Å². The smallest absolute Gasteiger partial charge is 0.542 e. The molecule has 0 fully saturated rings. The van der Waals surface area contributed by atoms with Gasteiger partial charge in [0.25, 0.3) is 0 Å². The third kappa shape index (κ3) is 3.80. The van der Waals surface area contributed by atoms with E-state index < -0.39 is 5.97 Å². The van der Waals surface area contributed by atoms with E-state index in [9.17, 15) is 9.90 Å². The van der Waals surface area contributed by atoms with Gasteiger partial charge in [-0.05, 0) is 20.8 Å². The molecule has 0 spiro atoms. The van der Waals surface area contributed by atoms with E-state index in [-0.39, 0.29) is 29.5 Å². The Morgan fingerprint density at radius 3 is 2.72 bits per heavy atom. The fourth-order valence-electron chi connectivity index (χ4n) is 1.72. The van der Waals surface area contributed by atoms with Gasteiger partial charge in [-0.2, -0.15) is 5.06 Å². The molecule has 0 saturated carbocycles. The quantitative estimate of drug-likeness (QED) is 0.556. The molecule has 18 heavy (non-hydrogen) atoms. The number of carboxylic acid groups (broad SMARTS) is 1. The molecule has 2 heterocycles. The van der Waals surface area contributed by atoms with Gasteiger partial charge >= 0.3 is 18.9 Å². The van der Waals surface area contributed by atoms with Crippen LogP contribution in [0.1, 0.15) is 41.1 Å². The van der Waals surface area contributed by atoms with Crippen LogP contribution in [0.4, 0.5) is 0 Å². The van der Waals surface area contributed by atoms with Gasteiger partial charge in [0.05, 0.1) is 17.8 Å². The number of aromatic carboxylic acids is 1. The maximum atomic E-state index is 10.7. The Labute approximate surface area is 122 Å². The second-order valence-corrected chi connectivity index (χ2v) is 6.08. The summed E-state index contributed by atoms with van der Waals surface area (Å²) in [4.78, 5) is 21.5. The van der Waals surface area contributed by atoms with Crippen LogP contribution in [0.5, 0.6) is 0 Å². The average molecular weight is 262 g/mol. The van der Waals surface area contributed by atoms with Crippen molar-refractivity contribution in [3.63, 3.8) is 0 Å².